The highest BCUT2D eigenvalue weighted by molar-refractivity contribution is 6.00. The van der Waals surface area contributed by atoms with Gasteiger partial charge >= 0.3 is 0 Å². The molecule has 0 fully saturated rings. The summed E-state index contributed by atoms with van der Waals surface area (Å²) in [7, 11) is 0. The van der Waals surface area contributed by atoms with Crippen molar-refractivity contribution in [1.29, 1.82) is 0 Å². The van der Waals surface area contributed by atoms with Crippen molar-refractivity contribution in [3.63, 3.8) is 0 Å². The predicted octanol–water partition coefficient (Wildman–Crippen LogP) is 2.60. The number of ketones is 1. The zero-order chi connectivity index (χ0) is 14.1. The molecule has 102 valence electrons. The first kappa shape index (κ1) is 12.5. The van der Waals surface area contributed by atoms with Crippen LogP contribution in [-0.2, 0) is 0 Å². The van der Waals surface area contributed by atoms with E-state index in [0.29, 0.717) is 22.7 Å². The maximum Gasteiger partial charge on any atom is 0.206 e. The van der Waals surface area contributed by atoms with E-state index in [9.17, 15) is 4.79 Å². The average Bonchev–Trinajstić information content (AvgIpc) is 2.49. The Hall–Kier alpha value is -2.49. The third-order valence-electron chi connectivity index (χ3n) is 3.36. The van der Waals surface area contributed by atoms with Crippen molar-refractivity contribution in [2.24, 2.45) is 0 Å². The molecule has 4 heteroatoms. The number of carbonyl (C=O) groups excluding carboxylic acids is 1. The molecule has 0 aliphatic carbocycles. The van der Waals surface area contributed by atoms with E-state index in [1.165, 1.54) is 0 Å². The third kappa shape index (κ3) is 2.20. The maximum atomic E-state index is 12.4. The van der Waals surface area contributed by atoms with Gasteiger partial charge in [-0.1, -0.05) is 12.1 Å². The van der Waals surface area contributed by atoms with Crippen molar-refractivity contribution >= 4 is 11.5 Å². The Bertz CT molecular complexity index is 667. The largest absolute Gasteiger partial charge is 0.485 e. The smallest absolute Gasteiger partial charge is 0.206 e. The number of Topliss-reactive ketones (excluding diaryl/α,β-unsaturated/α-hetero) is 1. The molecule has 2 aromatic carbocycles. The zero-order valence-electron chi connectivity index (χ0n) is 11.1. The number of nitrogens with two attached hydrogens (primary N) is 1. The quantitative estimate of drug-likeness (QED) is 0.672. The number of hydrogen-bond acceptors (Lipinski definition) is 4. The number of fused-ring (bicyclic) bond motifs is 1. The predicted molar refractivity (Wildman–Crippen MR) is 76.3 cm³/mol. The Labute approximate surface area is 117 Å². The summed E-state index contributed by atoms with van der Waals surface area (Å²) in [5.41, 5.74) is 7.91. The summed E-state index contributed by atoms with van der Waals surface area (Å²) in [5, 5.41) is 0. The lowest BCUT2D eigenvalue weighted by Gasteiger charge is -2.25. The van der Waals surface area contributed by atoms with Gasteiger partial charge in [0, 0.05) is 11.3 Å². The van der Waals surface area contributed by atoms with Crippen LogP contribution in [-0.4, -0.2) is 18.5 Å². The SMILES string of the molecule is Cc1cc(C(=O)C2COc3ccccc3O2)ccc1N. The molecule has 0 aromatic heterocycles. The van der Waals surface area contributed by atoms with Gasteiger partial charge in [0.1, 0.15) is 6.61 Å². The molecule has 0 spiro atoms. The molecular weight excluding hydrogens is 254 g/mol. The highest BCUT2D eigenvalue weighted by atomic mass is 16.6. The molecule has 1 aliphatic heterocycles. The van der Waals surface area contributed by atoms with Gasteiger partial charge in [0.2, 0.25) is 5.78 Å². The minimum atomic E-state index is -0.618. The highest BCUT2D eigenvalue weighted by Gasteiger charge is 2.28. The molecule has 0 bridgehead atoms. The number of anilines is 1. The summed E-state index contributed by atoms with van der Waals surface area (Å²) in [6.45, 7) is 2.10. The fourth-order valence-electron chi connectivity index (χ4n) is 2.16. The molecule has 20 heavy (non-hydrogen) atoms. The summed E-state index contributed by atoms with van der Waals surface area (Å²) >= 11 is 0. The Morgan fingerprint density at radius 1 is 1.20 bits per heavy atom. The molecule has 1 aliphatic rings. The van der Waals surface area contributed by atoms with Crippen LogP contribution in [0, 0.1) is 6.92 Å². The monoisotopic (exact) mass is 269 g/mol. The molecule has 1 unspecified atom stereocenters. The van der Waals surface area contributed by atoms with Crippen LogP contribution in [0.4, 0.5) is 5.69 Å². The van der Waals surface area contributed by atoms with Crippen LogP contribution in [0.1, 0.15) is 15.9 Å². The van der Waals surface area contributed by atoms with E-state index in [2.05, 4.69) is 0 Å². The normalized spacial score (nSPS) is 16.8. The number of benzene rings is 2. The minimum Gasteiger partial charge on any atom is -0.485 e. The van der Waals surface area contributed by atoms with Gasteiger partial charge in [0.15, 0.2) is 17.6 Å². The molecular formula is C16H15NO3. The number of aryl methyl sites for hydroxylation is 1. The molecule has 2 aromatic rings. The van der Waals surface area contributed by atoms with Crippen molar-refractivity contribution in [1.82, 2.24) is 0 Å². The molecule has 2 N–H and O–H groups in total. The van der Waals surface area contributed by atoms with Gasteiger partial charge in [0.05, 0.1) is 0 Å². The maximum absolute atomic E-state index is 12.4. The molecule has 0 saturated carbocycles. The van der Waals surface area contributed by atoms with Crippen LogP contribution in [0.5, 0.6) is 11.5 Å². The summed E-state index contributed by atoms with van der Waals surface area (Å²) in [6.07, 6.45) is -0.618. The highest BCUT2D eigenvalue weighted by Crippen LogP contribution is 2.31. The van der Waals surface area contributed by atoms with E-state index in [0.717, 1.165) is 5.56 Å². The second-order valence-electron chi connectivity index (χ2n) is 4.80. The van der Waals surface area contributed by atoms with Crippen LogP contribution < -0.4 is 15.2 Å². The lowest BCUT2D eigenvalue weighted by atomic mass is 10.0. The van der Waals surface area contributed by atoms with E-state index in [4.69, 9.17) is 15.2 Å². The van der Waals surface area contributed by atoms with Crippen molar-refractivity contribution < 1.29 is 14.3 Å². The minimum absolute atomic E-state index is 0.0948. The Balaban J connectivity index is 1.84. The van der Waals surface area contributed by atoms with Gasteiger partial charge in [-0.25, -0.2) is 0 Å². The van der Waals surface area contributed by atoms with Crippen LogP contribution in [0.2, 0.25) is 0 Å². The van der Waals surface area contributed by atoms with Gasteiger partial charge < -0.3 is 15.2 Å². The van der Waals surface area contributed by atoms with Gasteiger partial charge in [-0.05, 0) is 42.8 Å². The first-order valence-corrected chi connectivity index (χ1v) is 6.44. The third-order valence-corrected chi connectivity index (χ3v) is 3.36. The van der Waals surface area contributed by atoms with Crippen molar-refractivity contribution in [3.8, 4) is 11.5 Å². The van der Waals surface area contributed by atoms with Crippen molar-refractivity contribution in [3.05, 3.63) is 53.6 Å². The summed E-state index contributed by atoms with van der Waals surface area (Å²) in [4.78, 5) is 12.4. The molecule has 4 nitrogen and oxygen atoms in total. The molecule has 0 saturated heterocycles. The fraction of sp³-hybridized carbons (Fsp3) is 0.188. The Morgan fingerprint density at radius 2 is 1.95 bits per heavy atom. The summed E-state index contributed by atoms with van der Waals surface area (Å²) < 4.78 is 11.3. The second kappa shape index (κ2) is 4.89. The fourth-order valence-corrected chi connectivity index (χ4v) is 2.16. The first-order chi connectivity index (χ1) is 9.65. The van der Waals surface area contributed by atoms with E-state index in [1.54, 1.807) is 24.3 Å². The standard InChI is InChI=1S/C16H15NO3/c1-10-8-11(6-7-12(10)17)16(18)15-9-19-13-4-2-3-5-14(13)20-15/h2-8,15H,9,17H2,1H3. The number of para-hydroxylation sites is 2. The molecule has 0 radical (unpaired) electrons. The van der Waals surface area contributed by atoms with Gasteiger partial charge in [-0.15, -0.1) is 0 Å². The molecule has 1 atom stereocenters. The van der Waals surface area contributed by atoms with Crippen LogP contribution in [0.25, 0.3) is 0 Å². The van der Waals surface area contributed by atoms with Crippen LogP contribution in [0.3, 0.4) is 0 Å². The van der Waals surface area contributed by atoms with Crippen LogP contribution >= 0.6 is 0 Å². The average molecular weight is 269 g/mol. The van der Waals surface area contributed by atoms with Gasteiger partial charge in [0.25, 0.3) is 0 Å². The van der Waals surface area contributed by atoms with Gasteiger partial charge in [-0.3, -0.25) is 4.79 Å². The van der Waals surface area contributed by atoms with E-state index < -0.39 is 6.10 Å². The number of ether oxygens (including phenoxy) is 2. The summed E-state index contributed by atoms with van der Waals surface area (Å²) in [5.74, 6) is 1.18. The van der Waals surface area contributed by atoms with E-state index in [-0.39, 0.29) is 12.4 Å². The number of carbonyl (C=O) groups is 1. The first-order valence-electron chi connectivity index (χ1n) is 6.44. The number of hydrogen-bond donors (Lipinski definition) is 1. The Kier molecular flexibility index (Phi) is 3.06. The second-order valence-corrected chi connectivity index (χ2v) is 4.80. The van der Waals surface area contributed by atoms with Crippen molar-refractivity contribution in [2.75, 3.05) is 12.3 Å². The molecule has 3 rings (SSSR count). The summed E-state index contributed by atoms with van der Waals surface area (Å²) in [6, 6.07) is 12.6. The topological polar surface area (TPSA) is 61.5 Å². The molecule has 1 heterocycles. The lowest BCUT2D eigenvalue weighted by molar-refractivity contribution is 0.0586. The number of rotatable bonds is 2. The van der Waals surface area contributed by atoms with E-state index >= 15 is 0 Å². The lowest BCUT2D eigenvalue weighted by Crippen LogP contribution is -2.36. The number of nitrogen functional groups attached to an aromatic ring is 1. The van der Waals surface area contributed by atoms with Gasteiger partial charge in [-0.2, -0.15) is 0 Å². The molecule has 0 amide bonds. The van der Waals surface area contributed by atoms with Crippen LogP contribution in [0.15, 0.2) is 42.5 Å². The van der Waals surface area contributed by atoms with E-state index in [1.807, 2.05) is 25.1 Å². The Morgan fingerprint density at radius 3 is 2.70 bits per heavy atom. The zero-order valence-corrected chi connectivity index (χ0v) is 11.1. The van der Waals surface area contributed by atoms with Crippen molar-refractivity contribution in [2.45, 2.75) is 13.0 Å².